The van der Waals surface area contributed by atoms with Crippen LogP contribution < -0.4 is 14.8 Å². The molecule has 1 fully saturated rings. The molecule has 3 rings (SSSR count). The van der Waals surface area contributed by atoms with Gasteiger partial charge in [0, 0.05) is 58.4 Å². The van der Waals surface area contributed by atoms with E-state index in [1.165, 1.54) is 11.1 Å². The van der Waals surface area contributed by atoms with Crippen LogP contribution in [0.25, 0.3) is 0 Å². The Labute approximate surface area is 185 Å². The molecule has 0 aromatic heterocycles. The zero-order valence-electron chi connectivity index (χ0n) is 19.1. The molecule has 2 aromatic carbocycles. The molecule has 7 nitrogen and oxygen atoms in total. The van der Waals surface area contributed by atoms with Crippen LogP contribution in [0.1, 0.15) is 16.7 Å². The third-order valence-corrected chi connectivity index (χ3v) is 5.53. The van der Waals surface area contributed by atoms with Gasteiger partial charge in [0.05, 0.1) is 27.4 Å². The van der Waals surface area contributed by atoms with E-state index < -0.39 is 0 Å². The minimum atomic E-state index is 0.669. The molecule has 2 aromatic rings. The van der Waals surface area contributed by atoms with E-state index >= 15 is 0 Å². The molecule has 7 heteroatoms. The Balaban J connectivity index is 1.63. The third kappa shape index (κ3) is 6.35. The van der Waals surface area contributed by atoms with Crippen molar-refractivity contribution in [1.29, 1.82) is 0 Å². The molecular weight excluding hydrogens is 392 g/mol. The lowest BCUT2D eigenvalue weighted by Gasteiger charge is -2.28. The summed E-state index contributed by atoms with van der Waals surface area (Å²) in [5.74, 6) is 2.42. The van der Waals surface area contributed by atoms with Crippen molar-refractivity contribution < 1.29 is 14.2 Å². The van der Waals surface area contributed by atoms with Gasteiger partial charge in [0.2, 0.25) is 0 Å². The molecule has 1 N–H and O–H groups in total. The summed E-state index contributed by atoms with van der Waals surface area (Å²) in [6.07, 6.45) is 0. The Morgan fingerprint density at radius 2 is 1.81 bits per heavy atom. The number of benzene rings is 2. The molecule has 0 spiro atoms. The van der Waals surface area contributed by atoms with Gasteiger partial charge in [-0.1, -0.05) is 24.3 Å². The molecule has 0 atom stereocenters. The maximum atomic E-state index is 5.54. The molecule has 1 saturated heterocycles. The quantitative estimate of drug-likeness (QED) is 0.517. The second-order valence-electron chi connectivity index (χ2n) is 7.59. The van der Waals surface area contributed by atoms with Crippen LogP contribution in [0.5, 0.6) is 11.5 Å². The van der Waals surface area contributed by atoms with Crippen LogP contribution >= 0.6 is 0 Å². The van der Waals surface area contributed by atoms with Gasteiger partial charge in [0.1, 0.15) is 11.5 Å². The molecule has 0 saturated carbocycles. The third-order valence-electron chi connectivity index (χ3n) is 5.53. The minimum absolute atomic E-state index is 0.669. The monoisotopic (exact) mass is 426 g/mol. The SMILES string of the molecule is CN=C(NCc1ccccc1CN1CCOCC1)N(C)Cc1ccc(OC)cc1OC. The summed E-state index contributed by atoms with van der Waals surface area (Å²) in [6.45, 7) is 5.92. The second kappa shape index (κ2) is 11.6. The number of aliphatic imine (C=N–C) groups is 1. The molecule has 0 amide bonds. The number of morpholine rings is 1. The fraction of sp³-hybridized carbons (Fsp3) is 0.458. The molecule has 0 radical (unpaired) electrons. The Morgan fingerprint density at radius 1 is 1.06 bits per heavy atom. The van der Waals surface area contributed by atoms with Crippen molar-refractivity contribution in [3.63, 3.8) is 0 Å². The number of nitrogens with zero attached hydrogens (tertiary/aromatic N) is 3. The van der Waals surface area contributed by atoms with Crippen LogP contribution in [-0.4, -0.2) is 70.4 Å². The molecule has 0 unspecified atom stereocenters. The van der Waals surface area contributed by atoms with Crippen molar-refractivity contribution in [3.8, 4) is 11.5 Å². The van der Waals surface area contributed by atoms with Crippen LogP contribution in [-0.2, 0) is 24.4 Å². The van der Waals surface area contributed by atoms with Gasteiger partial charge < -0.3 is 24.4 Å². The normalized spacial score (nSPS) is 14.9. The first-order chi connectivity index (χ1) is 15.1. The molecular formula is C24H34N4O3. The zero-order chi connectivity index (χ0) is 22.1. The smallest absolute Gasteiger partial charge is 0.193 e. The summed E-state index contributed by atoms with van der Waals surface area (Å²) in [5.41, 5.74) is 3.69. The molecule has 1 heterocycles. The number of hydrogen-bond acceptors (Lipinski definition) is 5. The highest BCUT2D eigenvalue weighted by molar-refractivity contribution is 5.79. The Hall–Kier alpha value is -2.77. The van der Waals surface area contributed by atoms with E-state index in [2.05, 4.69) is 44.4 Å². The van der Waals surface area contributed by atoms with Gasteiger partial charge in [-0.15, -0.1) is 0 Å². The zero-order valence-corrected chi connectivity index (χ0v) is 19.1. The first kappa shape index (κ1) is 22.9. The van der Waals surface area contributed by atoms with Gasteiger partial charge in [-0.25, -0.2) is 0 Å². The van der Waals surface area contributed by atoms with E-state index in [9.17, 15) is 0 Å². The summed E-state index contributed by atoms with van der Waals surface area (Å²) >= 11 is 0. The maximum absolute atomic E-state index is 5.54. The lowest BCUT2D eigenvalue weighted by atomic mass is 10.1. The van der Waals surface area contributed by atoms with E-state index in [4.69, 9.17) is 14.2 Å². The lowest BCUT2D eigenvalue weighted by Crippen LogP contribution is -2.38. The lowest BCUT2D eigenvalue weighted by molar-refractivity contribution is 0.0341. The number of methoxy groups -OCH3 is 2. The highest BCUT2D eigenvalue weighted by Crippen LogP contribution is 2.25. The van der Waals surface area contributed by atoms with Gasteiger partial charge in [-0.2, -0.15) is 0 Å². The van der Waals surface area contributed by atoms with Gasteiger partial charge >= 0.3 is 0 Å². The van der Waals surface area contributed by atoms with E-state index in [1.54, 1.807) is 14.2 Å². The van der Waals surface area contributed by atoms with Gasteiger partial charge in [-0.05, 0) is 23.3 Å². The average molecular weight is 427 g/mol. The Morgan fingerprint density at radius 3 is 2.48 bits per heavy atom. The van der Waals surface area contributed by atoms with E-state index in [0.717, 1.165) is 62.4 Å². The summed E-state index contributed by atoms with van der Waals surface area (Å²) in [7, 11) is 7.17. The summed E-state index contributed by atoms with van der Waals surface area (Å²) in [4.78, 5) is 9.01. The average Bonchev–Trinajstić information content (AvgIpc) is 2.81. The molecule has 1 aliphatic heterocycles. The number of hydrogen-bond donors (Lipinski definition) is 1. The van der Waals surface area contributed by atoms with E-state index in [1.807, 2.05) is 32.3 Å². The first-order valence-corrected chi connectivity index (χ1v) is 10.6. The van der Waals surface area contributed by atoms with Crippen LogP contribution in [0, 0.1) is 0 Å². The van der Waals surface area contributed by atoms with Crippen molar-refractivity contribution in [2.24, 2.45) is 4.99 Å². The summed E-state index contributed by atoms with van der Waals surface area (Å²) in [6, 6.07) is 14.5. The summed E-state index contributed by atoms with van der Waals surface area (Å²) < 4.78 is 16.3. The Bertz CT molecular complexity index is 866. The Kier molecular flexibility index (Phi) is 8.55. The molecule has 0 bridgehead atoms. The minimum Gasteiger partial charge on any atom is -0.497 e. The number of nitrogens with one attached hydrogen (secondary N) is 1. The number of guanidine groups is 1. The fourth-order valence-corrected chi connectivity index (χ4v) is 3.76. The molecule has 1 aliphatic rings. The fourth-order valence-electron chi connectivity index (χ4n) is 3.76. The van der Waals surface area contributed by atoms with Gasteiger partial charge in [-0.3, -0.25) is 9.89 Å². The van der Waals surface area contributed by atoms with Crippen molar-refractivity contribution in [1.82, 2.24) is 15.1 Å². The second-order valence-corrected chi connectivity index (χ2v) is 7.59. The standard InChI is InChI=1S/C24H34N4O3/c1-25-24(27(2)17-21-9-10-22(29-3)15-23(21)30-4)26-16-19-7-5-6-8-20(19)18-28-11-13-31-14-12-28/h5-10,15H,11-14,16-18H2,1-4H3,(H,25,26). The highest BCUT2D eigenvalue weighted by atomic mass is 16.5. The molecule has 0 aliphatic carbocycles. The van der Waals surface area contributed by atoms with E-state index in [-0.39, 0.29) is 0 Å². The van der Waals surface area contributed by atoms with E-state index in [0.29, 0.717) is 6.54 Å². The van der Waals surface area contributed by atoms with Crippen LogP contribution in [0.15, 0.2) is 47.5 Å². The number of ether oxygens (including phenoxy) is 3. The highest BCUT2D eigenvalue weighted by Gasteiger charge is 2.14. The predicted octanol–water partition coefficient (Wildman–Crippen LogP) is 2.74. The molecule has 31 heavy (non-hydrogen) atoms. The van der Waals surface area contributed by atoms with Gasteiger partial charge in [0.25, 0.3) is 0 Å². The van der Waals surface area contributed by atoms with Crippen molar-refractivity contribution in [2.75, 3.05) is 54.6 Å². The summed E-state index contributed by atoms with van der Waals surface area (Å²) in [5, 5.41) is 3.51. The maximum Gasteiger partial charge on any atom is 0.193 e. The largest absolute Gasteiger partial charge is 0.497 e. The van der Waals surface area contributed by atoms with Crippen LogP contribution in [0.2, 0.25) is 0 Å². The first-order valence-electron chi connectivity index (χ1n) is 10.6. The van der Waals surface area contributed by atoms with Crippen molar-refractivity contribution in [2.45, 2.75) is 19.6 Å². The van der Waals surface area contributed by atoms with Crippen molar-refractivity contribution in [3.05, 3.63) is 59.2 Å². The van der Waals surface area contributed by atoms with Crippen LogP contribution in [0.3, 0.4) is 0 Å². The van der Waals surface area contributed by atoms with Crippen LogP contribution in [0.4, 0.5) is 0 Å². The van der Waals surface area contributed by atoms with Gasteiger partial charge in [0.15, 0.2) is 5.96 Å². The van der Waals surface area contributed by atoms with Crippen molar-refractivity contribution >= 4 is 5.96 Å². The molecule has 168 valence electrons. The predicted molar refractivity (Wildman–Crippen MR) is 124 cm³/mol. The topological polar surface area (TPSA) is 58.6 Å². The number of rotatable bonds is 8.